The zero-order chi connectivity index (χ0) is 40.0. The van der Waals surface area contributed by atoms with Gasteiger partial charge in [0.05, 0.1) is 22.1 Å². The van der Waals surface area contributed by atoms with E-state index in [9.17, 15) is 0 Å². The molecule has 286 valence electrons. The average molecular weight is 764 g/mol. The fraction of sp³-hybridized carbons (Fsp3) is 0.167. The van der Waals surface area contributed by atoms with Gasteiger partial charge in [0.1, 0.15) is 0 Å². The summed E-state index contributed by atoms with van der Waals surface area (Å²) in [7, 11) is 0. The summed E-state index contributed by atoms with van der Waals surface area (Å²) in [6.45, 7) is 12.1. The Balaban J connectivity index is 1.14. The van der Waals surface area contributed by atoms with Gasteiger partial charge in [-0.25, -0.2) is 4.98 Å². The van der Waals surface area contributed by atoms with E-state index in [-0.39, 0.29) is 10.8 Å². The molecule has 0 bridgehead atoms. The Morgan fingerprint density at radius 3 is 1.63 bits per heavy atom. The van der Waals surface area contributed by atoms with Crippen LogP contribution >= 0.6 is 0 Å². The van der Waals surface area contributed by atoms with Crippen LogP contribution in [0.1, 0.15) is 52.2 Å². The fourth-order valence-electron chi connectivity index (χ4n) is 10.0. The van der Waals surface area contributed by atoms with Crippen LogP contribution in [0.5, 0.6) is 0 Å². The minimum Gasteiger partial charge on any atom is -0.309 e. The second kappa shape index (κ2) is 13.1. The van der Waals surface area contributed by atoms with Crippen molar-refractivity contribution in [2.24, 2.45) is 5.92 Å². The lowest BCUT2D eigenvalue weighted by molar-refractivity contribution is 0.234. The second-order valence-corrected chi connectivity index (χ2v) is 17.6. The van der Waals surface area contributed by atoms with Gasteiger partial charge in [-0.05, 0) is 81.8 Å². The van der Waals surface area contributed by atoms with Gasteiger partial charge in [0.15, 0.2) is 11.6 Å². The Labute approximate surface area is 344 Å². The molecule has 0 spiro atoms. The molecular formula is C54H45N5. The molecule has 1 unspecified atom stereocenters. The Morgan fingerprint density at radius 1 is 0.475 bits per heavy atom. The van der Waals surface area contributed by atoms with Crippen LogP contribution in [0.3, 0.4) is 0 Å². The highest BCUT2D eigenvalue weighted by Crippen LogP contribution is 2.52. The Hall–Kier alpha value is -6.85. The third-order valence-electron chi connectivity index (χ3n) is 13.3. The van der Waals surface area contributed by atoms with Crippen molar-refractivity contribution in [3.8, 4) is 45.5 Å². The Bertz CT molecular complexity index is 3180. The van der Waals surface area contributed by atoms with E-state index in [4.69, 9.17) is 15.0 Å². The fourth-order valence-corrected chi connectivity index (χ4v) is 10.0. The molecule has 0 amide bonds. The first kappa shape index (κ1) is 35.3. The van der Waals surface area contributed by atoms with Crippen molar-refractivity contribution in [2.75, 3.05) is 0 Å². The van der Waals surface area contributed by atoms with Crippen molar-refractivity contribution in [1.29, 1.82) is 0 Å². The van der Waals surface area contributed by atoms with Gasteiger partial charge in [-0.1, -0.05) is 162 Å². The molecule has 0 saturated heterocycles. The van der Waals surface area contributed by atoms with Gasteiger partial charge in [0.25, 0.3) is 0 Å². The lowest BCUT2D eigenvalue weighted by atomic mass is 9.57. The number of para-hydroxylation sites is 2. The molecule has 3 heterocycles. The number of rotatable bonds is 5. The molecule has 0 saturated carbocycles. The highest BCUT2D eigenvalue weighted by Gasteiger charge is 2.43. The Kier molecular flexibility index (Phi) is 7.83. The van der Waals surface area contributed by atoms with Crippen molar-refractivity contribution in [3.63, 3.8) is 0 Å². The van der Waals surface area contributed by atoms with Gasteiger partial charge >= 0.3 is 0 Å². The lowest BCUT2D eigenvalue weighted by Crippen LogP contribution is -2.40. The topological polar surface area (TPSA) is 48.5 Å². The van der Waals surface area contributed by atoms with Gasteiger partial charge in [0, 0.05) is 38.4 Å². The molecule has 59 heavy (non-hydrogen) atoms. The molecule has 0 aliphatic heterocycles. The number of aromatic nitrogens is 5. The van der Waals surface area contributed by atoms with E-state index in [1.165, 1.54) is 45.0 Å². The number of hydrogen-bond donors (Lipinski definition) is 0. The summed E-state index contributed by atoms with van der Waals surface area (Å²) in [5, 5.41) is 4.74. The molecule has 0 radical (unpaired) electrons. The van der Waals surface area contributed by atoms with Crippen LogP contribution in [0.25, 0.3) is 89.2 Å². The first-order chi connectivity index (χ1) is 28.7. The minimum atomic E-state index is 0.0685. The van der Waals surface area contributed by atoms with Crippen LogP contribution in [0.4, 0.5) is 0 Å². The molecule has 10 aromatic rings. The summed E-state index contributed by atoms with van der Waals surface area (Å²) in [4.78, 5) is 15.4. The molecule has 5 heteroatoms. The van der Waals surface area contributed by atoms with E-state index in [0.717, 1.165) is 44.1 Å². The van der Waals surface area contributed by atoms with Gasteiger partial charge < -0.3 is 4.57 Å². The highest BCUT2D eigenvalue weighted by molar-refractivity contribution is 6.19. The summed E-state index contributed by atoms with van der Waals surface area (Å²) in [6.07, 6.45) is 1.19. The second-order valence-electron chi connectivity index (χ2n) is 17.6. The SMILES string of the molecule is CC1CC(C)(C)c2cccc(-c3ccc(-n4c5ccccc5c5cc6c7ccccc7n(-c7nc(-c8ccccc8)nc(-c8ccccc8)n7)c6cc54)cc3)c2C1(C)C. The van der Waals surface area contributed by atoms with Crippen LogP contribution in [0, 0.1) is 5.92 Å². The first-order valence-corrected chi connectivity index (χ1v) is 20.8. The number of fused-ring (bicyclic) bond motifs is 7. The van der Waals surface area contributed by atoms with Gasteiger partial charge in [0.2, 0.25) is 5.95 Å². The largest absolute Gasteiger partial charge is 0.309 e. The highest BCUT2D eigenvalue weighted by atomic mass is 15.2. The third-order valence-corrected chi connectivity index (χ3v) is 13.3. The number of benzene rings is 7. The van der Waals surface area contributed by atoms with Gasteiger partial charge in [-0.3, -0.25) is 4.57 Å². The molecule has 5 nitrogen and oxygen atoms in total. The number of hydrogen-bond acceptors (Lipinski definition) is 3. The van der Waals surface area contributed by atoms with E-state index in [2.05, 4.69) is 171 Å². The molecule has 1 atom stereocenters. The molecule has 0 N–H and O–H groups in total. The van der Waals surface area contributed by atoms with Crippen molar-refractivity contribution in [1.82, 2.24) is 24.1 Å². The maximum atomic E-state index is 5.20. The van der Waals surface area contributed by atoms with Crippen LogP contribution in [-0.4, -0.2) is 24.1 Å². The molecule has 7 aromatic carbocycles. The maximum absolute atomic E-state index is 5.20. The smallest absolute Gasteiger partial charge is 0.238 e. The normalized spacial score (nSPS) is 15.9. The molecule has 1 aliphatic rings. The van der Waals surface area contributed by atoms with E-state index < -0.39 is 0 Å². The van der Waals surface area contributed by atoms with Crippen molar-refractivity contribution >= 4 is 43.6 Å². The van der Waals surface area contributed by atoms with E-state index >= 15 is 0 Å². The van der Waals surface area contributed by atoms with Crippen molar-refractivity contribution in [2.45, 2.75) is 51.9 Å². The van der Waals surface area contributed by atoms with Crippen LogP contribution in [-0.2, 0) is 10.8 Å². The summed E-state index contributed by atoms with van der Waals surface area (Å²) in [5.41, 5.74) is 13.2. The van der Waals surface area contributed by atoms with Crippen molar-refractivity contribution in [3.05, 3.63) is 175 Å². The van der Waals surface area contributed by atoms with Crippen molar-refractivity contribution < 1.29 is 0 Å². The van der Waals surface area contributed by atoms with E-state index in [1.54, 1.807) is 0 Å². The van der Waals surface area contributed by atoms with Crippen LogP contribution < -0.4 is 0 Å². The summed E-state index contributed by atoms with van der Waals surface area (Å²) < 4.78 is 4.64. The standard InChI is InChI=1S/C54H45N5/c1-34-33-53(2,3)44-24-16-23-39(49(44)54(34,4)5)35-27-29-38(30-28-35)58-45-25-14-12-21-40(45)42-31-43-41-22-13-15-26-46(41)59(48(43)32-47(42)58)52-56-50(36-17-8-6-9-18-36)55-51(57-52)37-19-10-7-11-20-37/h6-32,34H,33H2,1-5H3. The molecule has 11 rings (SSSR count). The van der Waals surface area contributed by atoms with Gasteiger partial charge in [-0.2, -0.15) is 9.97 Å². The lowest BCUT2D eigenvalue weighted by Gasteiger charge is -2.47. The summed E-state index contributed by atoms with van der Waals surface area (Å²) in [5.74, 6) is 2.43. The number of nitrogens with zero attached hydrogens (tertiary/aromatic N) is 5. The molecule has 3 aromatic heterocycles. The Morgan fingerprint density at radius 2 is 1.02 bits per heavy atom. The first-order valence-electron chi connectivity index (χ1n) is 20.8. The quantitative estimate of drug-likeness (QED) is 0.175. The predicted octanol–water partition coefficient (Wildman–Crippen LogP) is 13.7. The molecule has 0 fully saturated rings. The summed E-state index contributed by atoms with van der Waals surface area (Å²) in [6, 6.07) is 58.6. The van der Waals surface area contributed by atoms with Crippen LogP contribution in [0.2, 0.25) is 0 Å². The monoisotopic (exact) mass is 763 g/mol. The predicted molar refractivity (Wildman–Crippen MR) is 245 cm³/mol. The minimum absolute atomic E-state index is 0.0685. The van der Waals surface area contributed by atoms with Gasteiger partial charge in [-0.15, -0.1) is 0 Å². The maximum Gasteiger partial charge on any atom is 0.238 e. The third kappa shape index (κ3) is 5.48. The summed E-state index contributed by atoms with van der Waals surface area (Å²) >= 11 is 0. The average Bonchev–Trinajstić information content (AvgIpc) is 3.77. The zero-order valence-electron chi connectivity index (χ0n) is 34.1. The zero-order valence-corrected chi connectivity index (χ0v) is 34.1. The van der Waals surface area contributed by atoms with E-state index in [1.807, 2.05) is 36.4 Å². The molecule has 1 aliphatic carbocycles. The van der Waals surface area contributed by atoms with E-state index in [0.29, 0.717) is 23.5 Å². The molecular weight excluding hydrogens is 719 g/mol. The van der Waals surface area contributed by atoms with Crippen LogP contribution in [0.15, 0.2) is 164 Å².